The lowest BCUT2D eigenvalue weighted by molar-refractivity contribution is -0.117. The van der Waals surface area contributed by atoms with E-state index in [0.717, 1.165) is 28.7 Å². The highest BCUT2D eigenvalue weighted by molar-refractivity contribution is 9.11. The maximum absolute atomic E-state index is 12.8. The Morgan fingerprint density at radius 3 is 1.24 bits per heavy atom. The molecule has 0 radical (unpaired) electrons. The van der Waals surface area contributed by atoms with Crippen LogP contribution in [0.15, 0.2) is 94.8 Å². The van der Waals surface area contributed by atoms with Crippen LogP contribution in [-0.4, -0.2) is 75.7 Å². The molecule has 0 aromatic heterocycles. The average molecular weight is 1160 g/mol. The van der Waals surface area contributed by atoms with Crippen LogP contribution in [0.1, 0.15) is 76.6 Å². The van der Waals surface area contributed by atoms with Crippen molar-refractivity contribution in [3.63, 3.8) is 0 Å². The van der Waals surface area contributed by atoms with E-state index in [0.29, 0.717) is 94.8 Å². The molecule has 21 heteroatoms. The minimum absolute atomic E-state index is 0.135. The summed E-state index contributed by atoms with van der Waals surface area (Å²) in [6, 6.07) is 19.6. The summed E-state index contributed by atoms with van der Waals surface area (Å²) in [5, 5.41) is 0. The first-order valence-electron chi connectivity index (χ1n) is 21.3. The van der Waals surface area contributed by atoms with Crippen molar-refractivity contribution in [1.82, 2.24) is 14.2 Å². The number of anilines is 3. The summed E-state index contributed by atoms with van der Waals surface area (Å²) in [5.74, 6) is -0.0158. The summed E-state index contributed by atoms with van der Waals surface area (Å²) in [6.07, 6.45) is 3.47. The van der Waals surface area contributed by atoms with Crippen molar-refractivity contribution in [3.8, 4) is 0 Å². The van der Waals surface area contributed by atoms with Crippen LogP contribution in [0.2, 0.25) is 0 Å². The van der Waals surface area contributed by atoms with Crippen molar-refractivity contribution >= 4 is 113 Å². The van der Waals surface area contributed by atoms with Gasteiger partial charge in [0.1, 0.15) is 14.7 Å². The number of benzene rings is 4. The Kier molecular flexibility index (Phi) is 18.4. The largest absolute Gasteiger partial charge is 0.311 e. The molecule has 0 bridgehead atoms. The fraction of sp³-hybridized carbons (Fsp3) is 0.400. The van der Waals surface area contributed by atoms with Crippen LogP contribution in [0.4, 0.5) is 17.1 Å². The minimum Gasteiger partial charge on any atom is -0.311 e. The van der Waals surface area contributed by atoms with Gasteiger partial charge in [0.05, 0.1) is 17.1 Å². The Labute approximate surface area is 414 Å². The van der Waals surface area contributed by atoms with E-state index in [2.05, 4.69) is 62.0 Å². The normalized spacial score (nSPS) is 14.2. The van der Waals surface area contributed by atoms with E-state index in [4.69, 9.17) is 0 Å². The predicted molar refractivity (Wildman–Crippen MR) is 268 cm³/mol. The van der Waals surface area contributed by atoms with Crippen LogP contribution in [-0.2, 0) is 70.3 Å². The fourth-order valence-corrected chi connectivity index (χ4v) is 13.7. The van der Waals surface area contributed by atoms with Gasteiger partial charge in [-0.05, 0) is 96.7 Å². The van der Waals surface area contributed by atoms with Gasteiger partial charge in [-0.1, -0.05) is 98.9 Å². The highest BCUT2D eigenvalue weighted by Gasteiger charge is 2.34. The average Bonchev–Trinajstić information content (AvgIpc) is 3.99. The summed E-state index contributed by atoms with van der Waals surface area (Å²) in [7, 11) is -11.0. The van der Waals surface area contributed by atoms with E-state index < -0.39 is 30.1 Å². The molecular weight excluding hydrogens is 1100 g/mol. The summed E-state index contributed by atoms with van der Waals surface area (Å²) in [4.78, 5) is 40.4. The molecule has 4 aromatic carbocycles. The van der Waals surface area contributed by atoms with E-state index in [1.807, 2.05) is 69.3 Å². The summed E-state index contributed by atoms with van der Waals surface area (Å²) < 4.78 is 85.6. The van der Waals surface area contributed by atoms with Gasteiger partial charge in [0.15, 0.2) is 0 Å². The third-order valence-corrected chi connectivity index (χ3v) is 16.6. The number of hydrogen-bond acceptors (Lipinski definition) is 9. The van der Waals surface area contributed by atoms with Gasteiger partial charge in [-0.2, -0.15) is 0 Å². The third kappa shape index (κ3) is 13.2. The lowest BCUT2D eigenvalue weighted by Gasteiger charge is -2.19. The summed E-state index contributed by atoms with van der Waals surface area (Å²) in [5.41, 5.74) is 5.03. The van der Waals surface area contributed by atoms with Crippen LogP contribution < -0.4 is 28.9 Å². The molecule has 7 rings (SSSR count). The van der Waals surface area contributed by atoms with Crippen LogP contribution >= 0.6 is 47.8 Å². The molecule has 3 heterocycles. The topological polar surface area (TPSA) is 199 Å². The number of carbonyl (C=O) groups is 3. The predicted octanol–water partition coefficient (Wildman–Crippen LogP) is 7.57. The highest BCUT2D eigenvalue weighted by Crippen LogP contribution is 2.40. The number of carbonyl (C=O) groups excluding carboxylic acids is 3. The lowest BCUT2D eigenvalue weighted by Crippen LogP contribution is -2.30. The molecule has 0 fully saturated rings. The van der Waals surface area contributed by atoms with Gasteiger partial charge in [0, 0.05) is 73.5 Å². The van der Waals surface area contributed by atoms with Gasteiger partial charge in [-0.25, -0.2) is 39.4 Å². The standard InChI is InChI=1S/C17H17BrN2O3S.C15H21BrN2O3S.C13H17BrN2O3S/c1-12(21)20-8-7-14-9-15(18)10-16(17(14)20)24(22,23)19-11-13-5-3-2-4-6-13;1-10(2)4-6-17-22(20,21)14-9-13(16)8-12-5-7-18(11(3)19)15(12)14;1-3-5-15-20(18,19)12-8-11(14)7-10-4-6-16(9(2)17)13(10)12/h2-6,9-10,19H,7-8,11H2,1H3;8-10,17H,4-7H2,1-3H3;7-8,15H,3-6H2,1-2H3. The van der Waals surface area contributed by atoms with E-state index in [-0.39, 0.29) is 39.0 Å². The van der Waals surface area contributed by atoms with Gasteiger partial charge in [-0.3, -0.25) is 14.4 Å². The molecule has 3 N–H and O–H groups in total. The number of nitrogens with zero attached hydrogens (tertiary/aromatic N) is 3. The second kappa shape index (κ2) is 22.7. The van der Waals surface area contributed by atoms with Gasteiger partial charge in [0.2, 0.25) is 47.8 Å². The van der Waals surface area contributed by atoms with Crippen LogP contribution in [0.5, 0.6) is 0 Å². The number of nitrogens with one attached hydrogen (secondary N) is 3. The molecule has 358 valence electrons. The van der Waals surface area contributed by atoms with Gasteiger partial charge in [-0.15, -0.1) is 0 Å². The van der Waals surface area contributed by atoms with Crippen molar-refractivity contribution in [3.05, 3.63) is 102 Å². The molecule has 15 nitrogen and oxygen atoms in total. The molecule has 4 aromatic rings. The number of amides is 3. The smallest absolute Gasteiger partial charge is 0.242 e. The minimum atomic E-state index is -3.75. The number of hydrogen-bond donors (Lipinski definition) is 3. The van der Waals surface area contributed by atoms with E-state index >= 15 is 0 Å². The second-order valence-electron chi connectivity index (χ2n) is 16.3. The van der Waals surface area contributed by atoms with Gasteiger partial charge >= 0.3 is 0 Å². The van der Waals surface area contributed by atoms with Crippen LogP contribution in [0.3, 0.4) is 0 Å². The van der Waals surface area contributed by atoms with Crippen molar-refractivity contribution in [2.75, 3.05) is 47.4 Å². The maximum atomic E-state index is 12.8. The zero-order chi connectivity index (χ0) is 48.7. The Bertz CT molecular complexity index is 2810. The number of sulfonamides is 3. The Morgan fingerprint density at radius 2 is 0.909 bits per heavy atom. The molecule has 3 aliphatic heterocycles. The molecule has 0 aliphatic carbocycles. The molecule has 0 unspecified atom stereocenters. The molecule has 3 aliphatic rings. The van der Waals surface area contributed by atoms with Gasteiger partial charge in [0.25, 0.3) is 0 Å². The zero-order valence-electron chi connectivity index (χ0n) is 37.6. The molecule has 0 saturated heterocycles. The first-order chi connectivity index (χ1) is 31.0. The Morgan fingerprint density at radius 1 is 0.561 bits per heavy atom. The Hall–Kier alpha value is -3.54. The summed E-state index contributed by atoms with van der Waals surface area (Å²) >= 11 is 10.1. The molecule has 0 spiro atoms. The van der Waals surface area contributed by atoms with Crippen LogP contribution in [0.25, 0.3) is 0 Å². The first-order valence-corrected chi connectivity index (χ1v) is 28.1. The fourth-order valence-electron chi connectivity index (χ4n) is 7.69. The molecule has 0 atom stereocenters. The first kappa shape index (κ1) is 53.4. The number of fused-ring (bicyclic) bond motifs is 3. The monoisotopic (exact) mass is 1160 g/mol. The van der Waals surface area contributed by atoms with Crippen molar-refractivity contribution in [1.29, 1.82) is 0 Å². The van der Waals surface area contributed by atoms with E-state index in [1.165, 1.54) is 30.6 Å². The summed E-state index contributed by atoms with van der Waals surface area (Å²) in [6.45, 7) is 12.9. The van der Waals surface area contributed by atoms with E-state index in [1.54, 1.807) is 23.1 Å². The second-order valence-corrected chi connectivity index (χ2v) is 24.2. The lowest BCUT2D eigenvalue weighted by atomic mass is 10.1. The SMILES string of the molecule is CC(=O)N1CCc2cc(Br)cc(S(=O)(=O)NCCC(C)C)c21.CC(=O)N1CCc2cc(Br)cc(S(=O)(=O)NCc3ccccc3)c21.CCCNS(=O)(=O)c1cc(Br)cc2c1N(C(C)=O)CC2. The maximum Gasteiger partial charge on any atom is 0.242 e. The highest BCUT2D eigenvalue weighted by atomic mass is 79.9. The zero-order valence-corrected chi connectivity index (χ0v) is 44.8. The molecule has 0 saturated carbocycles. The van der Waals surface area contributed by atoms with Crippen molar-refractivity contribution < 1.29 is 39.6 Å². The quantitative estimate of drug-likeness (QED) is 0.121. The Balaban J connectivity index is 0.000000186. The molecule has 66 heavy (non-hydrogen) atoms. The molecular formula is C45H55Br3N6O9S3. The number of halogens is 3. The van der Waals surface area contributed by atoms with Crippen molar-refractivity contribution in [2.45, 2.75) is 94.9 Å². The van der Waals surface area contributed by atoms with Crippen molar-refractivity contribution in [2.24, 2.45) is 5.92 Å². The van der Waals surface area contributed by atoms with Crippen LogP contribution in [0, 0.1) is 5.92 Å². The number of rotatable bonds is 13. The third-order valence-electron chi connectivity index (χ3n) is 10.9. The van der Waals surface area contributed by atoms with E-state index in [9.17, 15) is 39.6 Å². The van der Waals surface area contributed by atoms with Gasteiger partial charge < -0.3 is 14.7 Å². The molecule has 3 amide bonds.